The van der Waals surface area contributed by atoms with Crippen molar-refractivity contribution in [2.75, 3.05) is 0 Å². The summed E-state index contributed by atoms with van der Waals surface area (Å²) < 4.78 is 0. The Morgan fingerprint density at radius 1 is 0.857 bits per heavy atom. The summed E-state index contributed by atoms with van der Waals surface area (Å²) in [5.41, 5.74) is 4.74. The van der Waals surface area contributed by atoms with E-state index in [0.29, 0.717) is 0 Å². The summed E-state index contributed by atoms with van der Waals surface area (Å²) in [5, 5.41) is 7.60. The average molecular weight is 297 g/mol. The smallest absolute Gasteiger partial charge is 0.0565 e. The van der Waals surface area contributed by atoms with Crippen LogP contribution in [0, 0.1) is 0 Å². The molecule has 3 rings (SSSR count). The highest BCUT2D eigenvalue weighted by molar-refractivity contribution is 6.30. The van der Waals surface area contributed by atoms with Crippen molar-refractivity contribution in [2.45, 2.75) is 19.3 Å². The molecule has 1 heterocycles. The van der Waals surface area contributed by atoms with Crippen LogP contribution in [0.2, 0.25) is 5.02 Å². The third-order valence-corrected chi connectivity index (χ3v) is 4.26. The first kappa shape index (κ1) is 13.9. The maximum Gasteiger partial charge on any atom is 0.0565 e. The van der Waals surface area contributed by atoms with Gasteiger partial charge in [0.25, 0.3) is 0 Å². The van der Waals surface area contributed by atoms with Crippen LogP contribution in [0.5, 0.6) is 0 Å². The van der Waals surface area contributed by atoms with Crippen molar-refractivity contribution in [3.8, 4) is 11.1 Å². The molecule has 0 saturated heterocycles. The Bertz CT molecular complexity index is 711. The molecule has 0 aliphatic carbocycles. The Hall–Kier alpha value is -2.06. The molecule has 1 aromatic heterocycles. The topological polar surface area (TPSA) is 28.7 Å². The van der Waals surface area contributed by atoms with Crippen LogP contribution in [0.3, 0.4) is 0 Å². The van der Waals surface area contributed by atoms with Gasteiger partial charge >= 0.3 is 0 Å². The van der Waals surface area contributed by atoms with E-state index in [2.05, 4.69) is 60.4 Å². The molecule has 0 bridgehead atoms. The lowest BCUT2D eigenvalue weighted by Crippen LogP contribution is -2.18. The van der Waals surface area contributed by atoms with Gasteiger partial charge in [0, 0.05) is 22.2 Å². The van der Waals surface area contributed by atoms with Gasteiger partial charge < -0.3 is 0 Å². The van der Waals surface area contributed by atoms with Crippen molar-refractivity contribution in [1.82, 2.24) is 10.2 Å². The number of aromatic nitrogens is 2. The van der Waals surface area contributed by atoms with Gasteiger partial charge in [-0.1, -0.05) is 61.8 Å². The standard InChI is InChI=1S/C18H17ClN2/c1-18(2,16-7-9-17(19)10-8-16)15-5-3-13(4-6-15)14-11-20-21-12-14/h3-12H,1-2H3,(H,20,21). The Morgan fingerprint density at radius 2 is 1.43 bits per heavy atom. The normalized spacial score (nSPS) is 11.6. The van der Waals surface area contributed by atoms with Crippen molar-refractivity contribution in [3.63, 3.8) is 0 Å². The van der Waals surface area contributed by atoms with Crippen LogP contribution in [0.15, 0.2) is 60.9 Å². The van der Waals surface area contributed by atoms with E-state index in [9.17, 15) is 0 Å². The van der Waals surface area contributed by atoms with Gasteiger partial charge in [0.15, 0.2) is 0 Å². The largest absolute Gasteiger partial charge is 0.285 e. The number of benzene rings is 2. The molecule has 21 heavy (non-hydrogen) atoms. The van der Waals surface area contributed by atoms with E-state index in [0.717, 1.165) is 10.6 Å². The maximum absolute atomic E-state index is 5.98. The van der Waals surface area contributed by atoms with E-state index in [1.54, 1.807) is 0 Å². The Morgan fingerprint density at radius 3 is 1.95 bits per heavy atom. The van der Waals surface area contributed by atoms with Gasteiger partial charge in [-0.3, -0.25) is 5.10 Å². The second-order valence-corrected chi connectivity index (χ2v) is 6.13. The van der Waals surface area contributed by atoms with E-state index < -0.39 is 0 Å². The van der Waals surface area contributed by atoms with Gasteiger partial charge in [-0.25, -0.2) is 0 Å². The lowest BCUT2D eigenvalue weighted by Gasteiger charge is -2.26. The second-order valence-electron chi connectivity index (χ2n) is 5.70. The fourth-order valence-electron chi connectivity index (χ4n) is 2.52. The zero-order chi connectivity index (χ0) is 14.9. The SMILES string of the molecule is CC(C)(c1ccc(Cl)cc1)c1ccc(-c2cn[nH]c2)cc1. The van der Waals surface area contributed by atoms with E-state index >= 15 is 0 Å². The van der Waals surface area contributed by atoms with Crippen LogP contribution in [0.1, 0.15) is 25.0 Å². The Labute approximate surface area is 129 Å². The predicted octanol–water partition coefficient (Wildman–Crippen LogP) is 5.06. The van der Waals surface area contributed by atoms with Gasteiger partial charge in [0.1, 0.15) is 0 Å². The van der Waals surface area contributed by atoms with Gasteiger partial charge in [0.2, 0.25) is 0 Å². The van der Waals surface area contributed by atoms with Crippen LogP contribution >= 0.6 is 11.6 Å². The fourth-order valence-corrected chi connectivity index (χ4v) is 2.65. The van der Waals surface area contributed by atoms with Crippen molar-refractivity contribution >= 4 is 11.6 Å². The minimum Gasteiger partial charge on any atom is -0.285 e. The first-order chi connectivity index (χ1) is 10.1. The number of hydrogen-bond acceptors (Lipinski definition) is 1. The molecule has 0 aliphatic rings. The summed E-state index contributed by atoms with van der Waals surface area (Å²) in [6.45, 7) is 4.45. The summed E-state index contributed by atoms with van der Waals surface area (Å²) in [4.78, 5) is 0. The minimum absolute atomic E-state index is 0.0560. The molecular formula is C18H17ClN2. The molecule has 0 radical (unpaired) electrons. The zero-order valence-electron chi connectivity index (χ0n) is 12.1. The van der Waals surface area contributed by atoms with Crippen LogP contribution in [-0.4, -0.2) is 10.2 Å². The number of hydrogen-bond donors (Lipinski definition) is 1. The maximum atomic E-state index is 5.98. The molecule has 0 fully saturated rings. The molecule has 0 atom stereocenters. The molecule has 3 aromatic rings. The molecule has 0 amide bonds. The van der Waals surface area contributed by atoms with Crippen LogP contribution in [0.25, 0.3) is 11.1 Å². The predicted molar refractivity (Wildman–Crippen MR) is 87.6 cm³/mol. The quantitative estimate of drug-likeness (QED) is 0.719. The van der Waals surface area contributed by atoms with E-state index in [1.165, 1.54) is 16.7 Å². The summed E-state index contributed by atoms with van der Waals surface area (Å²) in [6.07, 6.45) is 3.73. The molecule has 3 heteroatoms. The average Bonchev–Trinajstić information content (AvgIpc) is 3.02. The first-order valence-corrected chi connectivity index (χ1v) is 7.31. The van der Waals surface area contributed by atoms with E-state index in [4.69, 9.17) is 11.6 Å². The molecule has 0 spiro atoms. The van der Waals surface area contributed by atoms with Gasteiger partial charge in [-0.05, 0) is 28.8 Å². The summed E-state index contributed by atoms with van der Waals surface area (Å²) in [7, 11) is 0. The lowest BCUT2D eigenvalue weighted by molar-refractivity contribution is 0.641. The molecule has 0 saturated carbocycles. The Balaban J connectivity index is 1.94. The number of rotatable bonds is 3. The summed E-state index contributed by atoms with van der Waals surface area (Å²) >= 11 is 5.98. The van der Waals surface area contributed by atoms with Crippen LogP contribution in [0.4, 0.5) is 0 Å². The highest BCUT2D eigenvalue weighted by atomic mass is 35.5. The third-order valence-electron chi connectivity index (χ3n) is 4.00. The summed E-state index contributed by atoms with van der Waals surface area (Å²) in [5.74, 6) is 0. The Kier molecular flexibility index (Phi) is 3.56. The number of H-pyrrole nitrogens is 1. The minimum atomic E-state index is -0.0560. The monoisotopic (exact) mass is 296 g/mol. The number of nitrogens with one attached hydrogen (secondary N) is 1. The van der Waals surface area contributed by atoms with Crippen molar-refractivity contribution in [1.29, 1.82) is 0 Å². The molecule has 0 aliphatic heterocycles. The highest BCUT2D eigenvalue weighted by Gasteiger charge is 2.22. The lowest BCUT2D eigenvalue weighted by atomic mass is 9.78. The molecular weight excluding hydrogens is 280 g/mol. The number of nitrogens with zero attached hydrogens (tertiary/aromatic N) is 1. The fraction of sp³-hybridized carbons (Fsp3) is 0.167. The molecule has 2 nitrogen and oxygen atoms in total. The van der Waals surface area contributed by atoms with Crippen molar-refractivity contribution < 1.29 is 0 Å². The molecule has 2 aromatic carbocycles. The third kappa shape index (κ3) is 2.72. The highest BCUT2D eigenvalue weighted by Crippen LogP contribution is 2.33. The van der Waals surface area contributed by atoms with E-state index in [-0.39, 0.29) is 5.41 Å². The van der Waals surface area contributed by atoms with Gasteiger partial charge in [-0.15, -0.1) is 0 Å². The van der Waals surface area contributed by atoms with Crippen molar-refractivity contribution in [2.24, 2.45) is 0 Å². The van der Waals surface area contributed by atoms with Crippen molar-refractivity contribution in [3.05, 3.63) is 77.1 Å². The number of halogens is 1. The summed E-state index contributed by atoms with van der Waals surface area (Å²) in [6, 6.07) is 16.7. The van der Waals surface area contributed by atoms with Crippen LogP contribution < -0.4 is 0 Å². The number of aromatic amines is 1. The molecule has 1 N–H and O–H groups in total. The molecule has 0 unspecified atom stereocenters. The van der Waals surface area contributed by atoms with Gasteiger partial charge in [0.05, 0.1) is 6.20 Å². The molecule has 106 valence electrons. The first-order valence-electron chi connectivity index (χ1n) is 6.93. The van der Waals surface area contributed by atoms with Gasteiger partial charge in [-0.2, -0.15) is 5.10 Å². The second kappa shape index (κ2) is 5.38. The van der Waals surface area contributed by atoms with E-state index in [1.807, 2.05) is 24.5 Å². The van der Waals surface area contributed by atoms with Crippen LogP contribution in [-0.2, 0) is 5.41 Å². The zero-order valence-corrected chi connectivity index (χ0v) is 12.9.